The molecule has 0 aromatic carbocycles. The largest absolute Gasteiger partial charge is 0.319 e. The Hall–Kier alpha value is -0.550. The number of hydrogen-bond donors (Lipinski definition) is 1. The van der Waals surface area contributed by atoms with E-state index in [0.717, 1.165) is 11.7 Å². The second-order valence-corrected chi connectivity index (χ2v) is 4.12. The van der Waals surface area contributed by atoms with Crippen LogP contribution in [0.15, 0.2) is 11.5 Å². The van der Waals surface area contributed by atoms with E-state index >= 15 is 0 Å². The summed E-state index contributed by atoms with van der Waals surface area (Å²) in [4.78, 5) is 0. The van der Waals surface area contributed by atoms with Crippen LogP contribution in [0.25, 0.3) is 0 Å². The molecule has 1 aromatic rings. The molecule has 0 bridgehead atoms. The van der Waals surface area contributed by atoms with Gasteiger partial charge >= 0.3 is 0 Å². The Kier molecular flexibility index (Phi) is 3.55. The molecular weight excluding hydrogens is 172 g/mol. The molecule has 0 saturated heterocycles. The van der Waals surface area contributed by atoms with Crippen molar-refractivity contribution in [3.63, 3.8) is 0 Å². The van der Waals surface area contributed by atoms with E-state index in [2.05, 4.69) is 22.4 Å². The Labute approximate surface area is 76.8 Å². The number of aryl methyl sites for hydroxylation is 1. The smallest absolute Gasteiger partial charge is 0.191 e. The van der Waals surface area contributed by atoms with Crippen molar-refractivity contribution in [1.82, 2.24) is 20.1 Å². The summed E-state index contributed by atoms with van der Waals surface area (Å²) < 4.78 is 1.93. The van der Waals surface area contributed by atoms with Gasteiger partial charge in [0.2, 0.25) is 0 Å². The van der Waals surface area contributed by atoms with Crippen molar-refractivity contribution >= 4 is 11.8 Å². The molecule has 0 saturated carbocycles. The monoisotopic (exact) mass is 186 g/mol. The maximum absolute atomic E-state index is 3.99. The minimum absolute atomic E-state index is 0.526. The van der Waals surface area contributed by atoms with E-state index < -0.39 is 0 Å². The average molecular weight is 186 g/mol. The van der Waals surface area contributed by atoms with Gasteiger partial charge in [0.1, 0.15) is 6.33 Å². The Morgan fingerprint density at radius 3 is 3.00 bits per heavy atom. The molecule has 1 atom stereocenters. The second-order valence-electron chi connectivity index (χ2n) is 2.71. The quantitative estimate of drug-likeness (QED) is 0.696. The Morgan fingerprint density at radius 2 is 2.50 bits per heavy atom. The van der Waals surface area contributed by atoms with Gasteiger partial charge in [0.25, 0.3) is 0 Å². The first kappa shape index (κ1) is 9.54. The highest BCUT2D eigenvalue weighted by molar-refractivity contribution is 7.99. The lowest BCUT2D eigenvalue weighted by Crippen LogP contribution is -2.18. The van der Waals surface area contributed by atoms with Crippen molar-refractivity contribution in [1.29, 1.82) is 0 Å². The van der Waals surface area contributed by atoms with Gasteiger partial charge in [-0.1, -0.05) is 18.7 Å². The van der Waals surface area contributed by atoms with Gasteiger partial charge in [0.15, 0.2) is 5.16 Å². The summed E-state index contributed by atoms with van der Waals surface area (Å²) in [5.74, 6) is 0. The minimum Gasteiger partial charge on any atom is -0.319 e. The molecular formula is C7H14N4S. The SMILES string of the molecule is CNCC(C)Sc1nncn1C. The molecule has 0 spiro atoms. The first-order chi connectivity index (χ1) is 5.74. The molecule has 0 radical (unpaired) electrons. The number of nitrogens with one attached hydrogen (secondary N) is 1. The van der Waals surface area contributed by atoms with E-state index in [1.165, 1.54) is 0 Å². The van der Waals surface area contributed by atoms with Gasteiger partial charge < -0.3 is 9.88 Å². The van der Waals surface area contributed by atoms with Crippen LogP contribution < -0.4 is 5.32 Å². The zero-order valence-corrected chi connectivity index (χ0v) is 8.43. The highest BCUT2D eigenvalue weighted by atomic mass is 32.2. The number of nitrogens with zero attached hydrogens (tertiary/aromatic N) is 3. The van der Waals surface area contributed by atoms with Crippen molar-refractivity contribution in [3.8, 4) is 0 Å². The molecule has 1 unspecified atom stereocenters. The summed E-state index contributed by atoms with van der Waals surface area (Å²) in [7, 11) is 3.90. The molecule has 5 heteroatoms. The molecule has 0 fully saturated rings. The molecule has 1 rings (SSSR count). The van der Waals surface area contributed by atoms with Crippen molar-refractivity contribution < 1.29 is 0 Å². The third kappa shape index (κ3) is 2.49. The van der Waals surface area contributed by atoms with Crippen LogP contribution in [0.2, 0.25) is 0 Å². The Bertz CT molecular complexity index is 235. The summed E-state index contributed by atoms with van der Waals surface area (Å²) >= 11 is 1.73. The minimum atomic E-state index is 0.526. The van der Waals surface area contributed by atoms with Gasteiger partial charge in [0.05, 0.1) is 0 Å². The fraction of sp³-hybridized carbons (Fsp3) is 0.714. The van der Waals surface area contributed by atoms with Crippen LogP contribution in [0.3, 0.4) is 0 Å². The maximum atomic E-state index is 3.99. The van der Waals surface area contributed by atoms with Crippen molar-refractivity contribution in [3.05, 3.63) is 6.33 Å². The molecule has 1 N–H and O–H groups in total. The highest BCUT2D eigenvalue weighted by Gasteiger charge is 2.06. The number of thioether (sulfide) groups is 1. The molecule has 0 amide bonds. The number of rotatable bonds is 4. The van der Waals surface area contributed by atoms with E-state index in [-0.39, 0.29) is 0 Å². The van der Waals surface area contributed by atoms with Gasteiger partial charge in [0, 0.05) is 18.8 Å². The zero-order chi connectivity index (χ0) is 8.97. The van der Waals surface area contributed by atoms with Crippen LogP contribution in [0, 0.1) is 0 Å². The van der Waals surface area contributed by atoms with E-state index in [4.69, 9.17) is 0 Å². The van der Waals surface area contributed by atoms with Crippen molar-refractivity contribution in [2.24, 2.45) is 7.05 Å². The van der Waals surface area contributed by atoms with Crippen LogP contribution in [0.4, 0.5) is 0 Å². The van der Waals surface area contributed by atoms with Gasteiger partial charge in [-0.05, 0) is 7.05 Å². The Balaban J connectivity index is 2.46. The van der Waals surface area contributed by atoms with E-state index in [9.17, 15) is 0 Å². The average Bonchev–Trinajstić information content (AvgIpc) is 2.37. The molecule has 12 heavy (non-hydrogen) atoms. The second kappa shape index (κ2) is 4.47. The molecule has 4 nitrogen and oxygen atoms in total. The molecule has 1 heterocycles. The lowest BCUT2D eigenvalue weighted by atomic mass is 10.5. The summed E-state index contributed by atoms with van der Waals surface area (Å²) in [5, 5.41) is 12.4. The van der Waals surface area contributed by atoms with Crippen LogP contribution in [0.1, 0.15) is 6.92 Å². The van der Waals surface area contributed by atoms with Crippen molar-refractivity contribution in [2.75, 3.05) is 13.6 Å². The van der Waals surface area contributed by atoms with E-state index in [1.54, 1.807) is 18.1 Å². The predicted octanol–water partition coefficient (Wildman–Crippen LogP) is 0.515. The maximum Gasteiger partial charge on any atom is 0.191 e. The molecule has 0 aliphatic rings. The summed E-state index contributed by atoms with van der Waals surface area (Å²) in [6.45, 7) is 3.15. The molecule has 68 valence electrons. The number of aromatic nitrogens is 3. The summed E-state index contributed by atoms with van der Waals surface area (Å²) in [6.07, 6.45) is 1.72. The predicted molar refractivity (Wildman–Crippen MR) is 50.2 cm³/mol. The first-order valence-electron chi connectivity index (χ1n) is 3.89. The van der Waals surface area contributed by atoms with Crippen LogP contribution in [-0.2, 0) is 7.05 Å². The fourth-order valence-corrected chi connectivity index (χ4v) is 1.81. The lowest BCUT2D eigenvalue weighted by Gasteiger charge is -2.08. The van der Waals surface area contributed by atoms with Crippen molar-refractivity contribution in [2.45, 2.75) is 17.3 Å². The molecule has 0 aliphatic carbocycles. The third-order valence-electron chi connectivity index (χ3n) is 1.47. The highest BCUT2D eigenvalue weighted by Crippen LogP contribution is 2.18. The summed E-state index contributed by atoms with van der Waals surface area (Å²) in [5.41, 5.74) is 0. The third-order valence-corrected chi connectivity index (χ3v) is 2.62. The molecule has 1 aromatic heterocycles. The van der Waals surface area contributed by atoms with E-state index in [0.29, 0.717) is 5.25 Å². The lowest BCUT2D eigenvalue weighted by molar-refractivity contribution is 0.758. The van der Waals surface area contributed by atoms with Crippen LogP contribution >= 0.6 is 11.8 Å². The van der Waals surface area contributed by atoms with Gasteiger partial charge in [-0.25, -0.2) is 0 Å². The summed E-state index contributed by atoms with van der Waals surface area (Å²) in [6, 6.07) is 0. The number of hydrogen-bond acceptors (Lipinski definition) is 4. The van der Waals surface area contributed by atoms with Gasteiger partial charge in [-0.2, -0.15) is 0 Å². The van der Waals surface area contributed by atoms with Gasteiger partial charge in [-0.3, -0.25) is 0 Å². The first-order valence-corrected chi connectivity index (χ1v) is 4.77. The van der Waals surface area contributed by atoms with Crippen LogP contribution in [-0.4, -0.2) is 33.6 Å². The Morgan fingerprint density at radius 1 is 1.75 bits per heavy atom. The van der Waals surface area contributed by atoms with Gasteiger partial charge in [-0.15, -0.1) is 10.2 Å². The normalized spacial score (nSPS) is 13.2. The van der Waals surface area contributed by atoms with E-state index in [1.807, 2.05) is 18.7 Å². The van der Waals surface area contributed by atoms with Crippen LogP contribution in [0.5, 0.6) is 0 Å². The standard InChI is InChI=1S/C7H14N4S/c1-6(4-8-2)12-7-10-9-5-11(7)3/h5-6,8H,4H2,1-3H3. The topological polar surface area (TPSA) is 42.7 Å². The fourth-order valence-electron chi connectivity index (χ4n) is 0.888. The zero-order valence-electron chi connectivity index (χ0n) is 7.61. The molecule has 0 aliphatic heterocycles.